The van der Waals surface area contributed by atoms with Gasteiger partial charge in [-0.05, 0) is 43.2 Å². The van der Waals surface area contributed by atoms with Crippen LogP contribution in [-0.4, -0.2) is 15.7 Å². The lowest BCUT2D eigenvalue weighted by molar-refractivity contribution is -0.111. The van der Waals surface area contributed by atoms with Gasteiger partial charge >= 0.3 is 0 Å². The second-order valence-electron chi connectivity index (χ2n) is 5.08. The minimum absolute atomic E-state index is 0.122. The Morgan fingerprint density at radius 3 is 3.10 bits per heavy atom. The van der Waals surface area contributed by atoms with Gasteiger partial charge in [0.2, 0.25) is 5.91 Å². The van der Waals surface area contributed by atoms with Crippen molar-refractivity contribution in [3.8, 4) is 0 Å². The molecule has 0 aliphatic heterocycles. The highest BCUT2D eigenvalue weighted by molar-refractivity contribution is 7.10. The molecule has 5 heteroatoms. The summed E-state index contributed by atoms with van der Waals surface area (Å²) < 4.78 is 1.91. The van der Waals surface area contributed by atoms with E-state index in [9.17, 15) is 4.79 Å². The molecular formula is C15H17N3OS. The van der Waals surface area contributed by atoms with Crippen LogP contribution in [0.4, 0.5) is 5.82 Å². The highest BCUT2D eigenvalue weighted by atomic mass is 32.1. The van der Waals surface area contributed by atoms with Crippen molar-refractivity contribution in [2.24, 2.45) is 5.92 Å². The molecule has 0 aromatic carbocycles. The molecule has 1 amide bonds. The summed E-state index contributed by atoms with van der Waals surface area (Å²) >= 11 is 1.61. The fraction of sp³-hybridized carbons (Fsp3) is 0.333. The third kappa shape index (κ3) is 2.99. The van der Waals surface area contributed by atoms with E-state index >= 15 is 0 Å². The van der Waals surface area contributed by atoms with Crippen molar-refractivity contribution in [3.05, 3.63) is 40.7 Å². The van der Waals surface area contributed by atoms with Crippen LogP contribution >= 0.6 is 11.3 Å². The predicted molar refractivity (Wildman–Crippen MR) is 81.6 cm³/mol. The number of hydrogen-bond donors (Lipinski definition) is 1. The summed E-state index contributed by atoms with van der Waals surface area (Å²) in [5, 5.41) is 9.21. The SMILES string of the molecule is CC(C1CC1)n1nccc1NC(=O)/C=C/c1cccs1. The molecule has 1 N–H and O–H groups in total. The van der Waals surface area contributed by atoms with Gasteiger partial charge in [-0.2, -0.15) is 5.10 Å². The van der Waals surface area contributed by atoms with Gasteiger partial charge in [-0.1, -0.05) is 6.07 Å². The van der Waals surface area contributed by atoms with E-state index in [4.69, 9.17) is 0 Å². The van der Waals surface area contributed by atoms with Crippen LogP contribution in [0.15, 0.2) is 35.9 Å². The summed E-state index contributed by atoms with van der Waals surface area (Å²) in [5.74, 6) is 1.35. The standard InChI is InChI=1S/C15H17N3OS/c1-11(12-4-5-12)18-14(8-9-16-18)17-15(19)7-6-13-3-2-10-20-13/h2-3,6-12H,4-5H2,1H3,(H,17,19)/b7-6+. The molecule has 20 heavy (non-hydrogen) atoms. The second-order valence-corrected chi connectivity index (χ2v) is 6.06. The number of nitrogens with zero attached hydrogens (tertiary/aromatic N) is 2. The van der Waals surface area contributed by atoms with Gasteiger partial charge in [0, 0.05) is 17.0 Å². The summed E-state index contributed by atoms with van der Waals surface area (Å²) in [5.41, 5.74) is 0. The van der Waals surface area contributed by atoms with Crippen molar-refractivity contribution in [2.45, 2.75) is 25.8 Å². The average molecular weight is 287 g/mol. The molecule has 1 aliphatic carbocycles. The molecule has 0 bridgehead atoms. The number of nitrogens with one attached hydrogen (secondary N) is 1. The molecule has 1 unspecified atom stereocenters. The Labute approximate surface area is 122 Å². The quantitative estimate of drug-likeness (QED) is 0.855. The van der Waals surface area contributed by atoms with E-state index in [1.54, 1.807) is 23.6 Å². The lowest BCUT2D eigenvalue weighted by atomic mass is 10.2. The van der Waals surface area contributed by atoms with Gasteiger partial charge in [-0.15, -0.1) is 11.3 Å². The van der Waals surface area contributed by atoms with Gasteiger partial charge in [0.05, 0.1) is 12.2 Å². The third-order valence-corrected chi connectivity index (χ3v) is 4.39. The van der Waals surface area contributed by atoms with E-state index in [-0.39, 0.29) is 5.91 Å². The largest absolute Gasteiger partial charge is 0.307 e. The maximum absolute atomic E-state index is 11.9. The molecule has 104 valence electrons. The zero-order chi connectivity index (χ0) is 13.9. The molecular weight excluding hydrogens is 270 g/mol. The van der Waals surface area contributed by atoms with E-state index < -0.39 is 0 Å². The summed E-state index contributed by atoms with van der Waals surface area (Å²) in [4.78, 5) is 13.0. The molecule has 1 fully saturated rings. The number of amides is 1. The fourth-order valence-corrected chi connectivity index (χ4v) is 2.85. The first-order valence-electron chi connectivity index (χ1n) is 6.80. The normalized spacial score (nSPS) is 16.4. The van der Waals surface area contributed by atoms with Crippen LogP contribution in [0.5, 0.6) is 0 Å². The number of anilines is 1. The van der Waals surface area contributed by atoms with Gasteiger partial charge in [0.1, 0.15) is 5.82 Å². The molecule has 3 rings (SSSR count). The van der Waals surface area contributed by atoms with Crippen molar-refractivity contribution in [3.63, 3.8) is 0 Å². The van der Waals surface area contributed by atoms with E-state index in [1.165, 1.54) is 12.8 Å². The monoisotopic (exact) mass is 287 g/mol. The Morgan fingerprint density at radius 1 is 1.55 bits per heavy atom. The molecule has 1 aliphatic rings. The third-order valence-electron chi connectivity index (χ3n) is 3.55. The van der Waals surface area contributed by atoms with Gasteiger partial charge in [0.15, 0.2) is 0 Å². The molecule has 1 saturated carbocycles. The highest BCUT2D eigenvalue weighted by Crippen LogP contribution is 2.40. The second kappa shape index (κ2) is 5.63. The van der Waals surface area contributed by atoms with Crippen molar-refractivity contribution in [2.75, 3.05) is 5.32 Å². The fourth-order valence-electron chi connectivity index (χ4n) is 2.23. The zero-order valence-corrected chi connectivity index (χ0v) is 12.1. The van der Waals surface area contributed by atoms with Gasteiger partial charge in [-0.3, -0.25) is 4.79 Å². The average Bonchev–Trinajstić information content (AvgIpc) is 2.97. The topological polar surface area (TPSA) is 46.9 Å². The maximum Gasteiger partial charge on any atom is 0.249 e. The lowest BCUT2D eigenvalue weighted by Crippen LogP contribution is -2.16. The Hall–Kier alpha value is -1.88. The van der Waals surface area contributed by atoms with Gasteiger partial charge in [-0.25, -0.2) is 4.68 Å². The van der Waals surface area contributed by atoms with Crippen molar-refractivity contribution >= 4 is 29.1 Å². The van der Waals surface area contributed by atoms with Crippen molar-refractivity contribution in [1.29, 1.82) is 0 Å². The number of carbonyl (C=O) groups excluding carboxylic acids is 1. The molecule has 2 aromatic rings. The lowest BCUT2D eigenvalue weighted by Gasteiger charge is -2.14. The first-order chi connectivity index (χ1) is 9.74. The summed E-state index contributed by atoms with van der Waals surface area (Å²) in [6.07, 6.45) is 7.63. The number of carbonyl (C=O) groups is 1. The number of rotatable bonds is 5. The molecule has 0 saturated heterocycles. The van der Waals surface area contributed by atoms with Crippen LogP contribution in [0.3, 0.4) is 0 Å². The molecule has 2 aromatic heterocycles. The van der Waals surface area contributed by atoms with Crippen molar-refractivity contribution < 1.29 is 4.79 Å². The Bertz CT molecular complexity index is 611. The number of hydrogen-bond acceptors (Lipinski definition) is 3. The maximum atomic E-state index is 11.9. The van der Waals surface area contributed by atoms with Crippen molar-refractivity contribution in [1.82, 2.24) is 9.78 Å². The Morgan fingerprint density at radius 2 is 2.40 bits per heavy atom. The van der Waals surface area contributed by atoms with E-state index in [0.29, 0.717) is 12.0 Å². The van der Waals surface area contributed by atoms with Crippen LogP contribution in [0.2, 0.25) is 0 Å². The van der Waals surface area contributed by atoms with Crippen LogP contribution in [0.1, 0.15) is 30.7 Å². The summed E-state index contributed by atoms with van der Waals surface area (Å²) in [6, 6.07) is 6.14. The molecule has 4 nitrogen and oxygen atoms in total. The summed E-state index contributed by atoms with van der Waals surface area (Å²) in [7, 11) is 0. The Kier molecular flexibility index (Phi) is 3.69. The predicted octanol–water partition coefficient (Wildman–Crippen LogP) is 3.57. The molecule has 2 heterocycles. The first-order valence-corrected chi connectivity index (χ1v) is 7.68. The van der Waals surface area contributed by atoms with Crippen LogP contribution < -0.4 is 5.32 Å². The number of thiophene rings is 1. The number of aromatic nitrogens is 2. The van der Waals surface area contributed by atoms with Crippen LogP contribution in [0.25, 0.3) is 6.08 Å². The zero-order valence-electron chi connectivity index (χ0n) is 11.3. The molecule has 0 spiro atoms. The minimum atomic E-state index is -0.122. The Balaban J connectivity index is 1.65. The van der Waals surface area contributed by atoms with E-state index in [2.05, 4.69) is 17.3 Å². The minimum Gasteiger partial charge on any atom is -0.307 e. The summed E-state index contributed by atoms with van der Waals surface area (Å²) in [6.45, 7) is 2.15. The smallest absolute Gasteiger partial charge is 0.249 e. The molecule has 0 radical (unpaired) electrons. The van der Waals surface area contributed by atoms with Gasteiger partial charge < -0.3 is 5.32 Å². The molecule has 1 atom stereocenters. The van der Waals surface area contributed by atoms with Crippen LogP contribution in [-0.2, 0) is 4.79 Å². The highest BCUT2D eigenvalue weighted by Gasteiger charge is 2.30. The first kappa shape index (κ1) is 13.1. The van der Waals surface area contributed by atoms with Gasteiger partial charge in [0.25, 0.3) is 0 Å². The van der Waals surface area contributed by atoms with Crippen LogP contribution in [0, 0.1) is 5.92 Å². The van der Waals surface area contributed by atoms with E-state index in [0.717, 1.165) is 10.7 Å². The van der Waals surface area contributed by atoms with E-state index in [1.807, 2.05) is 34.3 Å².